The topological polar surface area (TPSA) is 71.3 Å². The van der Waals surface area contributed by atoms with Crippen LogP contribution in [-0.4, -0.2) is 19.6 Å². The van der Waals surface area contributed by atoms with E-state index in [2.05, 4.69) is 11.9 Å². The van der Waals surface area contributed by atoms with Crippen molar-refractivity contribution in [2.45, 2.75) is 0 Å². The molecule has 2 aromatic carbocycles. The molecule has 0 saturated heterocycles. The number of nitrogens with zero attached hydrogens (tertiary/aromatic N) is 1. The third-order valence-electron chi connectivity index (χ3n) is 3.42. The zero-order chi connectivity index (χ0) is 19.8. The lowest BCUT2D eigenvalue weighted by Crippen LogP contribution is -2.13. The van der Waals surface area contributed by atoms with Crippen molar-refractivity contribution in [3.63, 3.8) is 0 Å². The fraction of sp³-hybridized carbons (Fsp3) is 0.100. The van der Waals surface area contributed by atoms with Crippen LogP contribution in [0.4, 0.5) is 5.69 Å². The van der Waals surface area contributed by atoms with Crippen LogP contribution < -0.4 is 14.8 Å². The molecule has 2 aromatic rings. The molecular weight excluding hydrogens is 387 g/mol. The first kappa shape index (κ1) is 20.4. The van der Waals surface area contributed by atoms with Crippen molar-refractivity contribution in [3.05, 3.63) is 70.2 Å². The summed E-state index contributed by atoms with van der Waals surface area (Å²) in [6.07, 6.45) is 3.06. The molecule has 1 amide bonds. The molecule has 0 bridgehead atoms. The molecule has 27 heavy (non-hydrogen) atoms. The molecule has 0 radical (unpaired) electrons. The summed E-state index contributed by atoms with van der Waals surface area (Å²) in [6.45, 7) is 3.92. The summed E-state index contributed by atoms with van der Waals surface area (Å²) in [4.78, 5) is 12.4. The highest BCUT2D eigenvalue weighted by Gasteiger charge is 2.13. The first-order valence-electron chi connectivity index (χ1n) is 7.79. The fourth-order valence-electron chi connectivity index (χ4n) is 2.15. The maximum Gasteiger partial charge on any atom is 0.266 e. The van der Waals surface area contributed by atoms with E-state index in [9.17, 15) is 10.1 Å². The first-order valence-corrected chi connectivity index (χ1v) is 8.54. The van der Waals surface area contributed by atoms with E-state index in [1.807, 2.05) is 6.07 Å². The van der Waals surface area contributed by atoms with Crippen LogP contribution in [0.2, 0.25) is 10.0 Å². The Balaban J connectivity index is 2.27. The summed E-state index contributed by atoms with van der Waals surface area (Å²) in [5, 5.41) is 12.4. The first-order chi connectivity index (χ1) is 13.0. The van der Waals surface area contributed by atoms with Gasteiger partial charge in [0.15, 0.2) is 11.5 Å². The van der Waals surface area contributed by atoms with Gasteiger partial charge in [-0.2, -0.15) is 5.26 Å². The Morgan fingerprint density at radius 1 is 1.30 bits per heavy atom. The molecule has 0 atom stereocenters. The molecule has 0 aliphatic carbocycles. The van der Waals surface area contributed by atoms with Crippen molar-refractivity contribution in [1.29, 1.82) is 5.26 Å². The van der Waals surface area contributed by atoms with E-state index in [0.29, 0.717) is 34.4 Å². The Bertz CT molecular complexity index is 933. The summed E-state index contributed by atoms with van der Waals surface area (Å²) < 4.78 is 10.8. The molecule has 0 heterocycles. The summed E-state index contributed by atoms with van der Waals surface area (Å²) in [7, 11) is 1.50. The van der Waals surface area contributed by atoms with Gasteiger partial charge in [0.1, 0.15) is 18.2 Å². The van der Waals surface area contributed by atoms with Gasteiger partial charge < -0.3 is 14.8 Å². The molecule has 0 unspecified atom stereocenters. The summed E-state index contributed by atoms with van der Waals surface area (Å²) in [5.41, 5.74) is 0.815. The maximum atomic E-state index is 12.4. The second-order valence-corrected chi connectivity index (χ2v) is 6.02. The van der Waals surface area contributed by atoms with E-state index in [1.54, 1.807) is 42.5 Å². The van der Waals surface area contributed by atoms with Crippen LogP contribution in [0.15, 0.2) is 54.6 Å². The SMILES string of the molecule is C=CCOc1ccc(/C=C(/C#N)C(=O)Nc2cccc(Cl)c2Cl)cc1OC. The van der Waals surface area contributed by atoms with E-state index in [1.165, 1.54) is 13.2 Å². The van der Waals surface area contributed by atoms with Gasteiger partial charge in [-0.25, -0.2) is 0 Å². The van der Waals surface area contributed by atoms with E-state index < -0.39 is 5.91 Å². The summed E-state index contributed by atoms with van der Waals surface area (Å²) in [6, 6.07) is 11.8. The average molecular weight is 403 g/mol. The van der Waals surface area contributed by atoms with Crippen LogP contribution in [0.1, 0.15) is 5.56 Å². The van der Waals surface area contributed by atoms with Gasteiger partial charge in [0, 0.05) is 0 Å². The quantitative estimate of drug-likeness (QED) is 0.396. The number of nitrogens with one attached hydrogen (secondary N) is 1. The summed E-state index contributed by atoms with van der Waals surface area (Å²) in [5.74, 6) is 0.400. The molecule has 1 N–H and O–H groups in total. The van der Waals surface area contributed by atoms with Gasteiger partial charge in [-0.3, -0.25) is 4.79 Å². The third-order valence-corrected chi connectivity index (χ3v) is 4.24. The van der Waals surface area contributed by atoms with Crippen LogP contribution in [0.5, 0.6) is 11.5 Å². The van der Waals surface area contributed by atoms with E-state index in [4.69, 9.17) is 32.7 Å². The molecule has 0 aliphatic rings. The number of benzene rings is 2. The number of carbonyl (C=O) groups excluding carboxylic acids is 1. The number of nitriles is 1. The smallest absolute Gasteiger partial charge is 0.266 e. The monoisotopic (exact) mass is 402 g/mol. The Labute approximate surface area is 167 Å². The van der Waals surface area contributed by atoms with E-state index in [-0.39, 0.29) is 10.6 Å². The van der Waals surface area contributed by atoms with Gasteiger partial charge in [-0.05, 0) is 35.9 Å². The average Bonchev–Trinajstić information content (AvgIpc) is 2.68. The van der Waals surface area contributed by atoms with Crippen LogP contribution in [0.25, 0.3) is 6.08 Å². The molecule has 0 spiro atoms. The standard InChI is InChI=1S/C20H16Cl2N2O3/c1-3-9-27-17-8-7-13(11-18(17)26-2)10-14(12-23)20(25)24-16-6-4-5-15(21)19(16)22/h3-8,10-11H,1,9H2,2H3,(H,24,25)/b14-10-. The number of halogens is 2. The lowest BCUT2D eigenvalue weighted by Gasteiger charge is -2.10. The Kier molecular flexibility index (Phi) is 7.30. The molecule has 138 valence electrons. The molecule has 0 aromatic heterocycles. The van der Waals surface area contributed by atoms with Crippen molar-refractivity contribution < 1.29 is 14.3 Å². The number of methoxy groups -OCH3 is 1. The zero-order valence-electron chi connectivity index (χ0n) is 14.5. The molecule has 7 heteroatoms. The number of hydrogen-bond acceptors (Lipinski definition) is 4. The van der Waals surface area contributed by atoms with Crippen molar-refractivity contribution >= 4 is 40.9 Å². The van der Waals surface area contributed by atoms with Crippen molar-refractivity contribution in [3.8, 4) is 17.6 Å². The van der Waals surface area contributed by atoms with Crippen LogP contribution in [0, 0.1) is 11.3 Å². The predicted molar refractivity (Wildman–Crippen MR) is 107 cm³/mol. The second-order valence-electron chi connectivity index (χ2n) is 5.24. The molecule has 0 saturated carbocycles. The number of anilines is 1. The van der Waals surface area contributed by atoms with Crippen molar-refractivity contribution in [2.24, 2.45) is 0 Å². The lowest BCUT2D eigenvalue weighted by atomic mass is 10.1. The number of carbonyl (C=O) groups is 1. The minimum Gasteiger partial charge on any atom is -0.493 e. The van der Waals surface area contributed by atoms with E-state index in [0.717, 1.165) is 0 Å². The summed E-state index contributed by atoms with van der Waals surface area (Å²) >= 11 is 12.0. The molecule has 2 rings (SSSR count). The van der Waals surface area contributed by atoms with Gasteiger partial charge in [0.25, 0.3) is 5.91 Å². The number of hydrogen-bond donors (Lipinski definition) is 1. The fourth-order valence-corrected chi connectivity index (χ4v) is 2.49. The highest BCUT2D eigenvalue weighted by molar-refractivity contribution is 6.44. The normalized spacial score (nSPS) is 10.7. The minimum absolute atomic E-state index is 0.104. The van der Waals surface area contributed by atoms with Gasteiger partial charge in [0.05, 0.1) is 22.8 Å². The minimum atomic E-state index is -0.604. The van der Waals surface area contributed by atoms with Gasteiger partial charge in [-0.15, -0.1) is 0 Å². The van der Waals surface area contributed by atoms with Gasteiger partial charge >= 0.3 is 0 Å². The third kappa shape index (κ3) is 5.27. The molecule has 0 aliphatic heterocycles. The van der Waals surface area contributed by atoms with Crippen LogP contribution in [0.3, 0.4) is 0 Å². The Morgan fingerprint density at radius 2 is 2.07 bits per heavy atom. The predicted octanol–water partition coefficient (Wildman–Crippen LogP) is 5.11. The second kappa shape index (κ2) is 9.67. The van der Waals surface area contributed by atoms with Gasteiger partial charge in [-0.1, -0.05) is 48.0 Å². The maximum absolute atomic E-state index is 12.4. The van der Waals surface area contributed by atoms with E-state index >= 15 is 0 Å². The molecule has 5 nitrogen and oxygen atoms in total. The lowest BCUT2D eigenvalue weighted by molar-refractivity contribution is -0.112. The van der Waals surface area contributed by atoms with Crippen molar-refractivity contribution in [1.82, 2.24) is 0 Å². The molecular formula is C20H16Cl2N2O3. The molecule has 0 fully saturated rings. The highest BCUT2D eigenvalue weighted by Crippen LogP contribution is 2.31. The van der Waals surface area contributed by atoms with Crippen LogP contribution in [-0.2, 0) is 4.79 Å². The van der Waals surface area contributed by atoms with Gasteiger partial charge in [0.2, 0.25) is 0 Å². The van der Waals surface area contributed by atoms with Crippen molar-refractivity contribution in [2.75, 3.05) is 19.0 Å². The highest BCUT2D eigenvalue weighted by atomic mass is 35.5. The number of ether oxygens (including phenoxy) is 2. The number of rotatable bonds is 7. The van der Waals surface area contributed by atoms with Crippen LogP contribution >= 0.6 is 23.2 Å². The Hall–Kier alpha value is -2.94. The zero-order valence-corrected chi connectivity index (χ0v) is 16.0. The number of amides is 1. The Morgan fingerprint density at radius 3 is 2.74 bits per heavy atom. The largest absolute Gasteiger partial charge is 0.493 e.